The number of anilines is 1. The van der Waals surface area contributed by atoms with Crippen LogP contribution in [0.5, 0.6) is 0 Å². The van der Waals surface area contributed by atoms with E-state index in [-0.39, 0.29) is 6.03 Å². The molecular weight excluding hydrogens is 240 g/mol. The molecule has 1 fully saturated rings. The van der Waals surface area contributed by atoms with Gasteiger partial charge in [0.2, 0.25) is 0 Å². The van der Waals surface area contributed by atoms with Crippen molar-refractivity contribution in [3.8, 4) is 0 Å². The highest BCUT2D eigenvalue weighted by atomic mass is 16.2. The van der Waals surface area contributed by atoms with Crippen LogP contribution in [0.2, 0.25) is 0 Å². The van der Waals surface area contributed by atoms with Crippen LogP contribution in [-0.2, 0) is 6.54 Å². The lowest BCUT2D eigenvalue weighted by Crippen LogP contribution is -2.49. The Hall–Kier alpha value is -1.59. The summed E-state index contributed by atoms with van der Waals surface area (Å²) in [5.74, 6) is 0. The Bertz CT molecular complexity index is 427. The third kappa shape index (κ3) is 3.68. The van der Waals surface area contributed by atoms with Crippen LogP contribution in [0.15, 0.2) is 24.3 Å². The van der Waals surface area contributed by atoms with Crippen molar-refractivity contribution >= 4 is 11.7 Å². The molecule has 0 saturated carbocycles. The number of nitrogens with one attached hydrogen (secondary N) is 1. The van der Waals surface area contributed by atoms with Gasteiger partial charge in [0.15, 0.2) is 0 Å². The number of hydrogen-bond acceptors (Lipinski definition) is 3. The molecular formula is C14H22N4O. The van der Waals surface area contributed by atoms with Crippen molar-refractivity contribution in [2.75, 3.05) is 38.0 Å². The number of nitrogens with zero attached hydrogens (tertiary/aromatic N) is 2. The normalized spacial score (nSPS) is 16.4. The molecule has 2 amide bonds. The van der Waals surface area contributed by atoms with E-state index in [2.05, 4.69) is 17.1 Å². The molecule has 2 rings (SSSR count). The largest absolute Gasteiger partial charge is 0.326 e. The highest BCUT2D eigenvalue weighted by Gasteiger charge is 2.19. The fraction of sp³-hybridized carbons (Fsp3) is 0.500. The highest BCUT2D eigenvalue weighted by Crippen LogP contribution is 2.12. The van der Waals surface area contributed by atoms with Gasteiger partial charge in [-0.2, -0.15) is 0 Å². The number of likely N-dealkylation sites (N-methyl/N-ethyl adjacent to an activating group) is 1. The van der Waals surface area contributed by atoms with Gasteiger partial charge in [0.1, 0.15) is 0 Å². The van der Waals surface area contributed by atoms with E-state index in [0.717, 1.165) is 44.0 Å². The Morgan fingerprint density at radius 2 is 2.05 bits per heavy atom. The van der Waals surface area contributed by atoms with E-state index in [9.17, 15) is 4.79 Å². The van der Waals surface area contributed by atoms with Crippen LogP contribution in [0.4, 0.5) is 10.5 Å². The highest BCUT2D eigenvalue weighted by molar-refractivity contribution is 5.89. The first-order valence-electron chi connectivity index (χ1n) is 6.80. The van der Waals surface area contributed by atoms with Crippen molar-refractivity contribution in [2.24, 2.45) is 5.73 Å². The predicted octanol–water partition coefficient (Wildman–Crippen LogP) is 1.31. The van der Waals surface area contributed by atoms with Gasteiger partial charge in [-0.05, 0) is 24.2 Å². The van der Waals surface area contributed by atoms with Gasteiger partial charge < -0.3 is 20.9 Å². The predicted molar refractivity (Wildman–Crippen MR) is 77.0 cm³/mol. The summed E-state index contributed by atoms with van der Waals surface area (Å²) in [6.45, 7) is 7.16. The lowest BCUT2D eigenvalue weighted by atomic mass is 10.2. The minimum Gasteiger partial charge on any atom is -0.326 e. The third-order valence-corrected chi connectivity index (χ3v) is 3.52. The summed E-state index contributed by atoms with van der Waals surface area (Å²) in [5, 5.41) is 2.93. The first kappa shape index (κ1) is 13.8. The SMILES string of the molecule is CCN1CCN(C(=O)Nc2cccc(CN)c2)CC1. The molecule has 0 atom stereocenters. The first-order chi connectivity index (χ1) is 9.22. The van der Waals surface area contributed by atoms with Crippen molar-refractivity contribution < 1.29 is 4.79 Å². The molecule has 0 unspecified atom stereocenters. The summed E-state index contributed by atoms with van der Waals surface area (Å²) in [5.41, 5.74) is 7.43. The molecule has 1 aromatic rings. The topological polar surface area (TPSA) is 61.6 Å². The number of benzene rings is 1. The Labute approximate surface area is 114 Å². The summed E-state index contributed by atoms with van der Waals surface area (Å²) in [4.78, 5) is 16.3. The number of carbonyl (C=O) groups excluding carboxylic acids is 1. The summed E-state index contributed by atoms with van der Waals surface area (Å²) in [6, 6.07) is 7.65. The zero-order valence-corrected chi connectivity index (χ0v) is 11.4. The molecule has 1 aromatic carbocycles. The average Bonchev–Trinajstić information content (AvgIpc) is 2.47. The maximum atomic E-state index is 12.1. The number of amides is 2. The number of piperazine rings is 1. The van der Waals surface area contributed by atoms with E-state index < -0.39 is 0 Å². The minimum absolute atomic E-state index is 0.0232. The second-order valence-electron chi connectivity index (χ2n) is 4.76. The molecule has 5 nitrogen and oxygen atoms in total. The van der Waals surface area contributed by atoms with E-state index in [1.807, 2.05) is 29.2 Å². The quantitative estimate of drug-likeness (QED) is 0.863. The van der Waals surface area contributed by atoms with E-state index >= 15 is 0 Å². The summed E-state index contributed by atoms with van der Waals surface area (Å²) in [6.07, 6.45) is 0. The van der Waals surface area contributed by atoms with Crippen LogP contribution in [-0.4, -0.2) is 48.6 Å². The van der Waals surface area contributed by atoms with Gasteiger partial charge in [-0.1, -0.05) is 19.1 Å². The first-order valence-corrected chi connectivity index (χ1v) is 6.80. The molecule has 1 saturated heterocycles. The average molecular weight is 262 g/mol. The zero-order chi connectivity index (χ0) is 13.7. The summed E-state index contributed by atoms with van der Waals surface area (Å²) in [7, 11) is 0. The van der Waals surface area contributed by atoms with Crippen molar-refractivity contribution in [2.45, 2.75) is 13.5 Å². The second-order valence-corrected chi connectivity index (χ2v) is 4.76. The molecule has 1 heterocycles. The molecule has 0 bridgehead atoms. The van der Waals surface area contributed by atoms with E-state index in [4.69, 9.17) is 5.73 Å². The van der Waals surface area contributed by atoms with E-state index in [1.54, 1.807) is 0 Å². The monoisotopic (exact) mass is 262 g/mol. The standard InChI is InChI=1S/C14H22N4O/c1-2-17-6-8-18(9-7-17)14(19)16-13-5-3-4-12(10-13)11-15/h3-5,10H,2,6-9,11,15H2,1H3,(H,16,19). The van der Waals surface area contributed by atoms with Crippen LogP contribution >= 0.6 is 0 Å². The molecule has 19 heavy (non-hydrogen) atoms. The zero-order valence-electron chi connectivity index (χ0n) is 11.4. The summed E-state index contributed by atoms with van der Waals surface area (Å²) >= 11 is 0. The Kier molecular flexibility index (Phi) is 4.76. The van der Waals surface area contributed by atoms with Gasteiger partial charge in [0.25, 0.3) is 0 Å². The molecule has 0 aliphatic carbocycles. The molecule has 1 aliphatic heterocycles. The molecule has 5 heteroatoms. The van der Waals surface area contributed by atoms with E-state index in [0.29, 0.717) is 6.54 Å². The smallest absolute Gasteiger partial charge is 0.321 e. The third-order valence-electron chi connectivity index (χ3n) is 3.52. The number of hydrogen-bond donors (Lipinski definition) is 2. The van der Waals surface area contributed by atoms with Gasteiger partial charge in [-0.3, -0.25) is 0 Å². The van der Waals surface area contributed by atoms with Gasteiger partial charge in [-0.25, -0.2) is 4.79 Å². The molecule has 0 spiro atoms. The van der Waals surface area contributed by atoms with Gasteiger partial charge in [0, 0.05) is 38.4 Å². The fourth-order valence-corrected chi connectivity index (χ4v) is 2.25. The molecule has 1 aliphatic rings. The van der Waals surface area contributed by atoms with Gasteiger partial charge >= 0.3 is 6.03 Å². The van der Waals surface area contributed by atoms with Gasteiger partial charge in [0.05, 0.1) is 0 Å². The Morgan fingerprint density at radius 1 is 1.32 bits per heavy atom. The van der Waals surface area contributed by atoms with Crippen molar-refractivity contribution in [3.05, 3.63) is 29.8 Å². The maximum Gasteiger partial charge on any atom is 0.321 e. The van der Waals surface area contributed by atoms with Crippen LogP contribution in [0.1, 0.15) is 12.5 Å². The van der Waals surface area contributed by atoms with Crippen LogP contribution in [0.25, 0.3) is 0 Å². The fourth-order valence-electron chi connectivity index (χ4n) is 2.25. The number of carbonyl (C=O) groups is 1. The molecule has 3 N–H and O–H groups in total. The minimum atomic E-state index is -0.0232. The van der Waals surface area contributed by atoms with E-state index in [1.165, 1.54) is 0 Å². The number of urea groups is 1. The lowest BCUT2D eigenvalue weighted by molar-refractivity contribution is 0.151. The second kappa shape index (κ2) is 6.54. The van der Waals surface area contributed by atoms with Crippen LogP contribution in [0.3, 0.4) is 0 Å². The molecule has 0 aromatic heterocycles. The summed E-state index contributed by atoms with van der Waals surface area (Å²) < 4.78 is 0. The molecule has 104 valence electrons. The van der Waals surface area contributed by atoms with Crippen molar-refractivity contribution in [1.82, 2.24) is 9.80 Å². The van der Waals surface area contributed by atoms with Crippen molar-refractivity contribution in [3.63, 3.8) is 0 Å². The van der Waals surface area contributed by atoms with Crippen molar-refractivity contribution in [1.29, 1.82) is 0 Å². The van der Waals surface area contributed by atoms with Crippen LogP contribution in [0, 0.1) is 0 Å². The van der Waals surface area contributed by atoms with Crippen LogP contribution < -0.4 is 11.1 Å². The molecule has 0 radical (unpaired) electrons. The maximum absolute atomic E-state index is 12.1. The lowest BCUT2D eigenvalue weighted by Gasteiger charge is -2.34. The van der Waals surface area contributed by atoms with Gasteiger partial charge in [-0.15, -0.1) is 0 Å². The number of nitrogens with two attached hydrogens (primary N) is 1. The number of rotatable bonds is 3. The Morgan fingerprint density at radius 3 is 2.68 bits per heavy atom. The Balaban J connectivity index is 1.90.